The third-order valence-corrected chi connectivity index (χ3v) is 5.36. The van der Waals surface area contributed by atoms with E-state index in [2.05, 4.69) is 10.2 Å². The molecular formula is C26H26N2O4. The fraction of sp³-hybridized carbons (Fsp3) is 0.231. The van der Waals surface area contributed by atoms with Gasteiger partial charge in [-0.15, -0.1) is 0 Å². The molecule has 1 heterocycles. The van der Waals surface area contributed by atoms with E-state index in [0.717, 1.165) is 16.8 Å². The van der Waals surface area contributed by atoms with E-state index < -0.39 is 5.97 Å². The Morgan fingerprint density at radius 1 is 0.938 bits per heavy atom. The maximum atomic E-state index is 12.8. The minimum absolute atomic E-state index is 0.237. The molecule has 1 saturated heterocycles. The van der Waals surface area contributed by atoms with Crippen LogP contribution in [0.1, 0.15) is 27.6 Å². The van der Waals surface area contributed by atoms with E-state index in [1.165, 1.54) is 0 Å². The summed E-state index contributed by atoms with van der Waals surface area (Å²) in [4.78, 5) is 27.5. The van der Waals surface area contributed by atoms with Crippen molar-refractivity contribution in [3.8, 4) is 11.1 Å². The van der Waals surface area contributed by atoms with E-state index >= 15 is 0 Å². The minimum atomic E-state index is -0.405. The van der Waals surface area contributed by atoms with E-state index in [9.17, 15) is 9.59 Å². The molecule has 1 aliphatic rings. The first kappa shape index (κ1) is 21.6. The summed E-state index contributed by atoms with van der Waals surface area (Å²) in [5, 5.41) is 2.90. The third-order valence-electron chi connectivity index (χ3n) is 5.36. The molecule has 0 atom stereocenters. The van der Waals surface area contributed by atoms with Gasteiger partial charge in [0.1, 0.15) is 0 Å². The summed E-state index contributed by atoms with van der Waals surface area (Å²) in [6.45, 7) is 4.68. The van der Waals surface area contributed by atoms with Crippen molar-refractivity contribution in [3.05, 3.63) is 83.9 Å². The van der Waals surface area contributed by atoms with E-state index in [0.29, 0.717) is 43.1 Å². The number of rotatable bonds is 6. The van der Waals surface area contributed by atoms with Crippen LogP contribution in [0.2, 0.25) is 0 Å². The minimum Gasteiger partial charge on any atom is -0.462 e. The number of carbonyl (C=O) groups excluding carboxylic acids is 2. The Bertz CT molecular complexity index is 1070. The van der Waals surface area contributed by atoms with Crippen LogP contribution in [0.3, 0.4) is 0 Å². The molecular weight excluding hydrogens is 404 g/mol. The number of anilines is 2. The molecule has 0 radical (unpaired) electrons. The highest BCUT2D eigenvalue weighted by Gasteiger charge is 2.21. The topological polar surface area (TPSA) is 67.9 Å². The quantitative estimate of drug-likeness (QED) is 0.578. The van der Waals surface area contributed by atoms with E-state index in [4.69, 9.17) is 9.47 Å². The summed E-state index contributed by atoms with van der Waals surface area (Å²) in [6, 6.07) is 22.8. The van der Waals surface area contributed by atoms with Gasteiger partial charge in [-0.25, -0.2) is 4.79 Å². The molecule has 0 aliphatic carbocycles. The van der Waals surface area contributed by atoms with Gasteiger partial charge in [0.25, 0.3) is 5.91 Å². The van der Waals surface area contributed by atoms with Gasteiger partial charge in [0.15, 0.2) is 0 Å². The lowest BCUT2D eigenvalue weighted by Gasteiger charge is -2.30. The molecule has 1 amide bonds. The maximum absolute atomic E-state index is 12.8. The van der Waals surface area contributed by atoms with Gasteiger partial charge in [0.2, 0.25) is 0 Å². The van der Waals surface area contributed by atoms with Gasteiger partial charge in [0, 0.05) is 24.3 Å². The molecule has 0 bridgehead atoms. The fourth-order valence-electron chi connectivity index (χ4n) is 3.71. The lowest BCUT2D eigenvalue weighted by molar-refractivity contribution is 0.0526. The standard InChI is InChI=1S/C26H26N2O4/c1-2-32-26(30)23-18-22(12-13-24(23)28-14-16-31-17-15-28)27-25(29)21-10-8-20(9-11-21)19-6-4-3-5-7-19/h3-13,18H,2,14-17H2,1H3,(H,27,29). The normalized spacial score (nSPS) is 13.5. The number of nitrogens with one attached hydrogen (secondary N) is 1. The summed E-state index contributed by atoms with van der Waals surface area (Å²) in [6.07, 6.45) is 0. The molecule has 1 aliphatic heterocycles. The first-order valence-electron chi connectivity index (χ1n) is 10.8. The summed E-state index contributed by atoms with van der Waals surface area (Å²) >= 11 is 0. The van der Waals surface area contributed by atoms with Crippen molar-refractivity contribution in [3.63, 3.8) is 0 Å². The smallest absolute Gasteiger partial charge is 0.340 e. The average Bonchev–Trinajstić information content (AvgIpc) is 2.85. The Hall–Kier alpha value is -3.64. The van der Waals surface area contributed by atoms with Crippen molar-refractivity contribution >= 4 is 23.3 Å². The molecule has 164 valence electrons. The van der Waals surface area contributed by atoms with Crippen LogP contribution in [0, 0.1) is 0 Å². The molecule has 0 saturated carbocycles. The Kier molecular flexibility index (Phi) is 6.82. The Morgan fingerprint density at radius 3 is 2.31 bits per heavy atom. The number of carbonyl (C=O) groups is 2. The Morgan fingerprint density at radius 2 is 1.62 bits per heavy atom. The predicted octanol–water partition coefficient (Wildman–Crippen LogP) is 4.62. The van der Waals surface area contributed by atoms with Gasteiger partial charge in [-0.05, 0) is 48.4 Å². The highest BCUT2D eigenvalue weighted by molar-refractivity contribution is 6.06. The molecule has 0 unspecified atom stereocenters. The van der Waals surface area contributed by atoms with Crippen molar-refractivity contribution in [1.82, 2.24) is 0 Å². The van der Waals surface area contributed by atoms with Crippen LogP contribution in [0.25, 0.3) is 11.1 Å². The van der Waals surface area contributed by atoms with Gasteiger partial charge < -0.3 is 19.7 Å². The zero-order valence-electron chi connectivity index (χ0n) is 18.0. The SMILES string of the molecule is CCOC(=O)c1cc(NC(=O)c2ccc(-c3ccccc3)cc2)ccc1N1CCOCC1. The van der Waals surface area contributed by atoms with E-state index in [1.807, 2.05) is 54.6 Å². The number of esters is 1. The maximum Gasteiger partial charge on any atom is 0.340 e. The van der Waals surface area contributed by atoms with Crippen LogP contribution in [-0.2, 0) is 9.47 Å². The number of ether oxygens (including phenoxy) is 2. The van der Waals surface area contributed by atoms with Crippen LogP contribution < -0.4 is 10.2 Å². The molecule has 1 fully saturated rings. The zero-order chi connectivity index (χ0) is 22.3. The van der Waals surface area contributed by atoms with Gasteiger partial charge in [0.05, 0.1) is 31.1 Å². The number of morpholine rings is 1. The monoisotopic (exact) mass is 430 g/mol. The summed E-state index contributed by atoms with van der Waals surface area (Å²) in [5.41, 5.74) is 4.45. The van der Waals surface area contributed by atoms with Crippen LogP contribution in [0.5, 0.6) is 0 Å². The third kappa shape index (κ3) is 4.98. The molecule has 6 heteroatoms. The lowest BCUT2D eigenvalue weighted by atomic mass is 10.0. The Balaban J connectivity index is 1.53. The molecule has 0 aromatic heterocycles. The highest BCUT2D eigenvalue weighted by Crippen LogP contribution is 2.27. The molecule has 0 spiro atoms. The van der Waals surface area contributed by atoms with Gasteiger partial charge >= 0.3 is 5.97 Å². The van der Waals surface area contributed by atoms with Crippen LogP contribution in [0.15, 0.2) is 72.8 Å². The van der Waals surface area contributed by atoms with Crippen molar-refractivity contribution < 1.29 is 19.1 Å². The largest absolute Gasteiger partial charge is 0.462 e. The second-order valence-electron chi connectivity index (χ2n) is 7.45. The molecule has 1 N–H and O–H groups in total. The summed E-state index contributed by atoms with van der Waals surface area (Å²) in [7, 11) is 0. The number of amides is 1. The van der Waals surface area contributed by atoms with E-state index in [1.54, 1.807) is 25.1 Å². The van der Waals surface area contributed by atoms with Gasteiger partial charge in [-0.1, -0.05) is 42.5 Å². The summed E-state index contributed by atoms with van der Waals surface area (Å²) < 4.78 is 10.7. The number of nitrogens with zero attached hydrogens (tertiary/aromatic N) is 1. The molecule has 4 rings (SSSR count). The summed E-state index contributed by atoms with van der Waals surface area (Å²) in [5.74, 6) is -0.643. The van der Waals surface area contributed by atoms with Gasteiger partial charge in [-0.2, -0.15) is 0 Å². The van der Waals surface area contributed by atoms with Gasteiger partial charge in [-0.3, -0.25) is 4.79 Å². The lowest BCUT2D eigenvalue weighted by Crippen LogP contribution is -2.37. The van der Waals surface area contributed by atoms with E-state index in [-0.39, 0.29) is 12.5 Å². The fourth-order valence-corrected chi connectivity index (χ4v) is 3.71. The highest BCUT2D eigenvalue weighted by atomic mass is 16.5. The number of hydrogen-bond donors (Lipinski definition) is 1. The average molecular weight is 431 g/mol. The first-order chi connectivity index (χ1) is 15.7. The number of hydrogen-bond acceptors (Lipinski definition) is 5. The molecule has 6 nitrogen and oxygen atoms in total. The van der Waals surface area contributed by atoms with Crippen LogP contribution in [-0.4, -0.2) is 44.8 Å². The van der Waals surface area contributed by atoms with Crippen LogP contribution >= 0.6 is 0 Å². The van der Waals surface area contributed by atoms with Crippen molar-refractivity contribution in [2.24, 2.45) is 0 Å². The molecule has 32 heavy (non-hydrogen) atoms. The molecule has 3 aromatic rings. The predicted molar refractivity (Wildman–Crippen MR) is 125 cm³/mol. The van der Waals surface area contributed by atoms with Crippen molar-refractivity contribution in [1.29, 1.82) is 0 Å². The van der Waals surface area contributed by atoms with Crippen molar-refractivity contribution in [2.75, 3.05) is 43.1 Å². The second-order valence-corrected chi connectivity index (χ2v) is 7.45. The molecule has 3 aromatic carbocycles. The van der Waals surface area contributed by atoms with Crippen molar-refractivity contribution in [2.45, 2.75) is 6.92 Å². The number of benzene rings is 3. The van der Waals surface area contributed by atoms with Crippen LogP contribution in [0.4, 0.5) is 11.4 Å². The zero-order valence-corrected chi connectivity index (χ0v) is 18.0. The Labute approximate surface area is 187 Å². The second kappa shape index (κ2) is 10.1. The first-order valence-corrected chi connectivity index (χ1v) is 10.8.